The molecule has 0 N–H and O–H groups in total. The lowest BCUT2D eigenvalue weighted by molar-refractivity contribution is 0.0993. The van der Waals surface area contributed by atoms with Crippen LogP contribution in [0, 0.1) is 124 Å². The van der Waals surface area contributed by atoms with E-state index in [0.717, 1.165) is 61.6 Å². The van der Waals surface area contributed by atoms with Crippen molar-refractivity contribution in [1.82, 2.24) is 9.97 Å². The number of aromatic nitrogens is 2. The molecule has 0 atom stereocenters. The molecule has 0 radical (unpaired) electrons. The highest BCUT2D eigenvalue weighted by molar-refractivity contribution is 5.97. The first-order valence-electron chi connectivity index (χ1n) is 37.0. The number of rotatable bonds is 5. The fraction of sp³-hybridized carbons (Fsp3) is 0.123. The maximum Gasteiger partial charge on any atom is 0.231 e. The van der Waals surface area contributed by atoms with Crippen LogP contribution in [0.3, 0.4) is 0 Å². The van der Waals surface area contributed by atoms with Gasteiger partial charge in [-0.15, -0.1) is 0 Å². The standard InChI is InChI=1S/C16H14.C15H14O.C15H14.2C15H12.C13H10N2.C9H12.C8H8O2/c1-13-3-7-15(8-4-13)11-12-16-9-5-14(2)6-10-16;1-12-7-9-14(10-8-12)15(16)11-13-5-3-2-4-6-13;3*1-13-7-9-15(10-8-13)12-11-14-5-3-2-4-6-14;1-11-2-4-12(5-3-11)6-7-13-10-14-8-9-15-13;1-7-4-5-8(2)9(3)6-7;1-6-2-3-7-8(4-6)10-5-9-7/h3-10H,1-2H3;2-10H,11H2,1H3;2-12H,1H3;2*2-10H,1H3;2-5,8-10H,1H3;4-6H,1-3H3;2-4H,5H2,1H3/b;;12-11+;;;;;. The van der Waals surface area contributed by atoms with Crippen molar-refractivity contribution in [3.05, 3.63) is 474 Å². The van der Waals surface area contributed by atoms with Crippen molar-refractivity contribution in [1.29, 1.82) is 0 Å². The molecular weight excluding hydrogens is 1350 g/mol. The molecule has 1 aliphatic rings. The third-order valence-electron chi connectivity index (χ3n) is 16.9. The molecule has 5 nitrogen and oxygen atoms in total. The van der Waals surface area contributed by atoms with Gasteiger partial charge in [0.1, 0.15) is 5.69 Å². The molecule has 2 heterocycles. The molecule has 0 unspecified atom stereocenters. The average molecular weight is 1450 g/mol. The summed E-state index contributed by atoms with van der Waals surface area (Å²) in [6.45, 7) is 23.3. The van der Waals surface area contributed by atoms with Crippen LogP contribution in [0.25, 0.3) is 12.2 Å². The van der Waals surface area contributed by atoms with E-state index in [9.17, 15) is 4.79 Å². The van der Waals surface area contributed by atoms with E-state index in [4.69, 9.17) is 9.47 Å². The molecule has 111 heavy (non-hydrogen) atoms. The van der Waals surface area contributed by atoms with Gasteiger partial charge in [-0.05, 0) is 213 Å². The first kappa shape index (κ1) is 82.8. The average Bonchev–Trinajstić information content (AvgIpc) is 1.72. The van der Waals surface area contributed by atoms with Crippen molar-refractivity contribution in [3.63, 3.8) is 0 Å². The summed E-state index contributed by atoms with van der Waals surface area (Å²) in [5, 5.41) is 0. The van der Waals surface area contributed by atoms with E-state index in [-0.39, 0.29) is 5.78 Å². The first-order valence-corrected chi connectivity index (χ1v) is 37.0. The summed E-state index contributed by atoms with van der Waals surface area (Å²) in [7, 11) is 0. The lowest BCUT2D eigenvalue weighted by Crippen LogP contribution is -2.03. The number of ether oxygens (including phenoxy) is 2. The molecule has 0 amide bonds. The van der Waals surface area contributed by atoms with Crippen LogP contribution >= 0.6 is 0 Å². The van der Waals surface area contributed by atoms with Crippen LogP contribution in [0.15, 0.2) is 346 Å². The van der Waals surface area contributed by atoms with Crippen LogP contribution in [0.1, 0.15) is 133 Å². The highest BCUT2D eigenvalue weighted by atomic mass is 16.7. The van der Waals surface area contributed by atoms with Gasteiger partial charge in [-0.1, -0.05) is 329 Å². The summed E-state index contributed by atoms with van der Waals surface area (Å²) in [4.78, 5) is 19.9. The number of aryl methyl sites for hydroxylation is 11. The van der Waals surface area contributed by atoms with Crippen molar-refractivity contribution in [3.8, 4) is 58.9 Å². The van der Waals surface area contributed by atoms with Gasteiger partial charge in [0.15, 0.2) is 17.3 Å². The van der Waals surface area contributed by atoms with Crippen LogP contribution < -0.4 is 9.47 Å². The van der Waals surface area contributed by atoms with E-state index in [1.807, 2.05) is 202 Å². The van der Waals surface area contributed by atoms with Gasteiger partial charge in [-0.2, -0.15) is 0 Å². The Morgan fingerprint density at radius 1 is 0.306 bits per heavy atom. The van der Waals surface area contributed by atoms with E-state index < -0.39 is 0 Å². The van der Waals surface area contributed by atoms with Crippen LogP contribution in [0.4, 0.5) is 0 Å². The number of hydrogen-bond acceptors (Lipinski definition) is 5. The predicted molar refractivity (Wildman–Crippen MR) is 465 cm³/mol. The van der Waals surface area contributed by atoms with Gasteiger partial charge in [-0.3, -0.25) is 9.78 Å². The summed E-state index contributed by atoms with van der Waals surface area (Å²) in [5.74, 6) is 26.7. The Labute approximate surface area is 660 Å². The summed E-state index contributed by atoms with van der Waals surface area (Å²) >= 11 is 0. The summed E-state index contributed by atoms with van der Waals surface area (Å²) < 4.78 is 10.3. The van der Waals surface area contributed by atoms with Crippen LogP contribution in [-0.4, -0.2) is 22.5 Å². The molecule has 0 bridgehead atoms. The van der Waals surface area contributed by atoms with Gasteiger partial charge in [0.05, 0.1) is 6.20 Å². The molecule has 1 aromatic heterocycles. The summed E-state index contributed by atoms with van der Waals surface area (Å²) in [6.07, 6.45) is 9.67. The SMILES string of the molecule is Cc1ccc(/C=C/c2ccccc2)cc1.Cc1ccc(C#Cc2ccc(C)cc2)cc1.Cc1ccc(C#Cc2ccccc2)cc1.Cc1ccc(C#Cc2ccccc2)cc1.Cc1ccc(C#Cc2cnccn2)cc1.Cc1ccc(C(=O)Cc2ccccc2)cc1.Cc1ccc(C)c(C)c1.Cc1ccc2c(c1)OCO2. The van der Waals surface area contributed by atoms with Gasteiger partial charge in [0.25, 0.3) is 0 Å². The molecule has 0 saturated carbocycles. The molecule has 13 aromatic carbocycles. The first-order chi connectivity index (χ1) is 53.9. The summed E-state index contributed by atoms with van der Waals surface area (Å²) in [5.41, 5.74) is 26.4. The molecule has 0 fully saturated rings. The number of ketones is 1. The van der Waals surface area contributed by atoms with Gasteiger partial charge < -0.3 is 9.47 Å². The Hall–Kier alpha value is -13.8. The fourth-order valence-corrected chi connectivity index (χ4v) is 10.1. The third kappa shape index (κ3) is 32.8. The molecule has 548 valence electrons. The number of Topliss-reactive ketones (excluding diaryl/α,β-unsaturated/α-hetero) is 1. The van der Waals surface area contributed by atoms with Gasteiger partial charge in [0, 0.05) is 63.3 Å². The van der Waals surface area contributed by atoms with Gasteiger partial charge in [-0.25, -0.2) is 4.98 Å². The van der Waals surface area contributed by atoms with Crippen molar-refractivity contribution < 1.29 is 14.3 Å². The van der Waals surface area contributed by atoms with Crippen LogP contribution in [0.5, 0.6) is 11.5 Å². The zero-order chi connectivity index (χ0) is 78.6. The molecule has 14 aromatic rings. The highest BCUT2D eigenvalue weighted by Crippen LogP contribution is 2.32. The number of benzene rings is 13. The Bertz CT molecular complexity index is 5120. The Morgan fingerprint density at radius 3 is 1.02 bits per heavy atom. The van der Waals surface area contributed by atoms with Crippen molar-refractivity contribution in [2.45, 2.75) is 82.6 Å². The van der Waals surface area contributed by atoms with Crippen LogP contribution in [-0.2, 0) is 6.42 Å². The molecule has 0 spiro atoms. The number of hydrogen-bond donors (Lipinski definition) is 0. The second-order valence-corrected chi connectivity index (χ2v) is 26.7. The Kier molecular flexibility index (Phi) is 34.6. The normalized spacial score (nSPS) is 9.97. The smallest absolute Gasteiger partial charge is 0.231 e. The largest absolute Gasteiger partial charge is 0.454 e. The minimum absolute atomic E-state index is 0.172. The summed E-state index contributed by atoms with van der Waals surface area (Å²) in [6, 6.07) is 110. The van der Waals surface area contributed by atoms with Crippen molar-refractivity contribution in [2.24, 2.45) is 0 Å². The molecule has 0 aliphatic carbocycles. The lowest BCUT2D eigenvalue weighted by Gasteiger charge is -2.01. The molecule has 15 rings (SSSR count). The number of fused-ring (bicyclic) bond motifs is 1. The molecule has 5 heteroatoms. The maximum absolute atomic E-state index is 11.9. The van der Waals surface area contributed by atoms with Gasteiger partial charge >= 0.3 is 0 Å². The van der Waals surface area contributed by atoms with Crippen LogP contribution in [0.2, 0.25) is 0 Å². The Morgan fingerprint density at radius 2 is 0.631 bits per heavy atom. The third-order valence-corrected chi connectivity index (χ3v) is 16.9. The minimum atomic E-state index is 0.172. The quantitative estimate of drug-likeness (QED) is 0.0976. The lowest BCUT2D eigenvalue weighted by atomic mass is 10.0. The number of carbonyl (C=O) groups is 1. The van der Waals surface area contributed by atoms with E-state index in [1.54, 1.807) is 18.6 Å². The molecular formula is C106H96N2O3. The molecule has 0 saturated heterocycles. The van der Waals surface area contributed by atoms with E-state index >= 15 is 0 Å². The van der Waals surface area contributed by atoms with Crippen molar-refractivity contribution >= 4 is 17.9 Å². The zero-order valence-electron chi connectivity index (χ0n) is 65.6. The topological polar surface area (TPSA) is 61.3 Å². The fourth-order valence-electron chi connectivity index (χ4n) is 10.1. The maximum atomic E-state index is 11.9. The number of carbonyl (C=O) groups excluding carboxylic acids is 1. The zero-order valence-corrected chi connectivity index (χ0v) is 65.6. The van der Waals surface area contributed by atoms with E-state index in [2.05, 4.69) is 271 Å². The minimum Gasteiger partial charge on any atom is -0.454 e. The highest BCUT2D eigenvalue weighted by Gasteiger charge is 2.11. The van der Waals surface area contributed by atoms with E-state index in [0.29, 0.717) is 18.9 Å². The monoisotopic (exact) mass is 1440 g/mol. The Balaban J connectivity index is 0.000000160. The second kappa shape index (κ2) is 46.3. The second-order valence-electron chi connectivity index (χ2n) is 26.7. The van der Waals surface area contributed by atoms with Gasteiger partial charge in [0.2, 0.25) is 6.79 Å². The van der Waals surface area contributed by atoms with E-state index in [1.165, 1.54) is 72.3 Å². The van der Waals surface area contributed by atoms with Crippen molar-refractivity contribution in [2.75, 3.05) is 6.79 Å². The molecule has 1 aliphatic heterocycles. The predicted octanol–water partition coefficient (Wildman–Crippen LogP) is 24.6. The number of nitrogens with zero attached hydrogens (tertiary/aromatic N) is 2.